The molecule has 0 fully saturated rings. The van der Waals surface area contributed by atoms with E-state index in [9.17, 15) is 0 Å². The van der Waals surface area contributed by atoms with Crippen LogP contribution in [0.15, 0.2) is 89.4 Å². The minimum absolute atomic E-state index is 0.784. The largest absolute Gasteiger partial charge is 0.494 e. The first-order chi connectivity index (χ1) is 22.8. The topological polar surface area (TPSA) is 37.8 Å². The minimum Gasteiger partial charge on any atom is -0.494 e. The van der Waals surface area contributed by atoms with Crippen LogP contribution in [-0.2, 0) is 13.0 Å². The van der Waals surface area contributed by atoms with Crippen molar-refractivity contribution in [3.8, 4) is 5.75 Å². The molecule has 1 heterocycles. The summed E-state index contributed by atoms with van der Waals surface area (Å²) in [5.74, 6) is 0.913. The zero-order chi connectivity index (χ0) is 32.2. The van der Waals surface area contributed by atoms with Crippen LogP contribution in [0.25, 0.3) is 0 Å². The Morgan fingerprint density at radius 3 is 1.48 bits per heavy atom. The van der Waals surface area contributed by atoms with Crippen LogP contribution >= 0.6 is 0 Å². The Labute approximate surface area is 282 Å². The van der Waals surface area contributed by atoms with Crippen molar-refractivity contribution in [1.82, 2.24) is 0 Å². The normalized spacial score (nSPS) is 11.4. The number of aromatic nitrogens is 1. The van der Waals surface area contributed by atoms with Crippen molar-refractivity contribution in [2.45, 2.75) is 155 Å². The summed E-state index contributed by atoms with van der Waals surface area (Å²) in [5.41, 5.74) is 3.16. The number of ether oxygens (including phenoxy) is 1. The summed E-state index contributed by atoms with van der Waals surface area (Å²) >= 11 is 0. The molecule has 2 aromatic carbocycles. The van der Waals surface area contributed by atoms with Gasteiger partial charge in [0.05, 0.1) is 18.0 Å². The summed E-state index contributed by atoms with van der Waals surface area (Å²) in [7, 11) is 0. The van der Waals surface area contributed by atoms with Crippen LogP contribution in [0, 0.1) is 0 Å². The van der Waals surface area contributed by atoms with Gasteiger partial charge in [-0.05, 0) is 67.6 Å². The third kappa shape index (κ3) is 18.8. The van der Waals surface area contributed by atoms with Crippen LogP contribution < -0.4 is 9.30 Å². The molecule has 0 unspecified atom stereocenters. The number of aryl methyl sites for hydroxylation is 2. The summed E-state index contributed by atoms with van der Waals surface area (Å²) in [4.78, 5) is 0. The average Bonchev–Trinajstić information content (AvgIpc) is 3.10. The van der Waals surface area contributed by atoms with Crippen LogP contribution in [0.2, 0.25) is 0 Å². The first kappa shape index (κ1) is 37.4. The number of benzene rings is 2. The van der Waals surface area contributed by atoms with Gasteiger partial charge in [-0.3, -0.25) is 0 Å². The average molecular weight is 627 g/mol. The fourth-order valence-electron chi connectivity index (χ4n) is 6.03. The second kappa shape index (κ2) is 26.1. The lowest BCUT2D eigenvalue weighted by molar-refractivity contribution is -0.697. The molecule has 4 heteroatoms. The van der Waals surface area contributed by atoms with Gasteiger partial charge in [-0.25, -0.2) is 4.57 Å². The smallest absolute Gasteiger partial charge is 0.168 e. The van der Waals surface area contributed by atoms with E-state index in [1.54, 1.807) is 0 Å². The molecule has 0 bridgehead atoms. The maximum absolute atomic E-state index is 5.96. The highest BCUT2D eigenvalue weighted by Crippen LogP contribution is 2.22. The summed E-state index contributed by atoms with van der Waals surface area (Å²) in [6, 6.07) is 22.9. The Balaban J connectivity index is 1.13. The molecule has 1 aromatic heterocycles. The van der Waals surface area contributed by atoms with Gasteiger partial charge in [0.25, 0.3) is 0 Å². The van der Waals surface area contributed by atoms with Crippen molar-refractivity contribution in [3.63, 3.8) is 0 Å². The lowest BCUT2D eigenvalue weighted by atomic mass is 10.0. The van der Waals surface area contributed by atoms with Gasteiger partial charge in [-0.2, -0.15) is 10.2 Å². The predicted molar refractivity (Wildman–Crippen MR) is 196 cm³/mol. The second-order valence-corrected chi connectivity index (χ2v) is 13.1. The fraction of sp³-hybridized carbons (Fsp3) is 0.595. The van der Waals surface area contributed by atoms with Crippen molar-refractivity contribution in [1.29, 1.82) is 0 Å². The number of hydrogen-bond donors (Lipinski definition) is 0. The number of rotatable bonds is 28. The highest BCUT2D eigenvalue weighted by atomic mass is 16.5. The number of nitrogens with zero attached hydrogens (tertiary/aromatic N) is 3. The van der Waals surface area contributed by atoms with Crippen LogP contribution in [0.4, 0.5) is 11.4 Å². The summed E-state index contributed by atoms with van der Waals surface area (Å²) in [6.45, 7) is 4.22. The second-order valence-electron chi connectivity index (χ2n) is 13.1. The third-order valence-corrected chi connectivity index (χ3v) is 8.98. The van der Waals surface area contributed by atoms with Crippen molar-refractivity contribution < 1.29 is 9.30 Å². The van der Waals surface area contributed by atoms with Gasteiger partial charge in [0.1, 0.15) is 12.3 Å². The minimum atomic E-state index is 0.784. The monoisotopic (exact) mass is 627 g/mol. The Hall–Kier alpha value is -3.01. The Morgan fingerprint density at radius 1 is 0.478 bits per heavy atom. The predicted octanol–water partition coefficient (Wildman–Crippen LogP) is 13.2. The molecule has 0 aliphatic heterocycles. The molecule has 0 saturated heterocycles. The van der Waals surface area contributed by atoms with E-state index in [4.69, 9.17) is 4.74 Å². The van der Waals surface area contributed by atoms with E-state index in [0.717, 1.165) is 43.1 Å². The molecule has 0 aliphatic carbocycles. The third-order valence-electron chi connectivity index (χ3n) is 8.98. The van der Waals surface area contributed by atoms with Gasteiger partial charge in [-0.15, -0.1) is 0 Å². The maximum Gasteiger partial charge on any atom is 0.168 e. The molecule has 0 aliphatic rings. The van der Waals surface area contributed by atoms with Gasteiger partial charge in [0, 0.05) is 18.6 Å². The zero-order valence-electron chi connectivity index (χ0n) is 29.2. The van der Waals surface area contributed by atoms with Gasteiger partial charge in [-0.1, -0.05) is 134 Å². The number of pyridine rings is 1. The molecule has 0 amide bonds. The lowest BCUT2D eigenvalue weighted by Crippen LogP contribution is -2.32. The number of hydrogen-bond acceptors (Lipinski definition) is 3. The van der Waals surface area contributed by atoms with E-state index >= 15 is 0 Å². The molecule has 4 nitrogen and oxygen atoms in total. The molecule has 46 heavy (non-hydrogen) atoms. The van der Waals surface area contributed by atoms with Crippen molar-refractivity contribution in [2.75, 3.05) is 6.61 Å². The SMILES string of the molecule is CCCCCCCCCCCCCc1ccc(N=Nc2ccc(OCCCCCCCCCCCC[n+]3ccccc3)cc2)cc1. The molecule has 0 spiro atoms. The number of unbranched alkanes of at least 4 members (excludes halogenated alkanes) is 19. The van der Waals surface area contributed by atoms with Crippen molar-refractivity contribution in [3.05, 3.63) is 84.7 Å². The number of azo groups is 1. The molecule has 0 N–H and O–H groups in total. The Kier molecular flexibility index (Phi) is 21.2. The van der Waals surface area contributed by atoms with Crippen LogP contribution in [0.5, 0.6) is 5.75 Å². The summed E-state index contributed by atoms with van der Waals surface area (Å²) < 4.78 is 8.24. The van der Waals surface area contributed by atoms with Gasteiger partial charge >= 0.3 is 0 Å². The molecule has 3 rings (SSSR count). The van der Waals surface area contributed by atoms with E-state index in [1.807, 2.05) is 24.3 Å². The first-order valence-corrected chi connectivity index (χ1v) is 19.0. The summed E-state index contributed by atoms with van der Waals surface area (Å²) in [5, 5.41) is 8.86. The van der Waals surface area contributed by atoms with E-state index in [0.29, 0.717) is 0 Å². The molecular weight excluding hydrogens is 562 g/mol. The van der Waals surface area contributed by atoms with Gasteiger partial charge in [0.2, 0.25) is 0 Å². The Morgan fingerprint density at radius 2 is 0.935 bits per heavy atom. The molecule has 0 saturated carbocycles. The molecule has 252 valence electrons. The van der Waals surface area contributed by atoms with Crippen molar-refractivity contribution in [2.24, 2.45) is 10.2 Å². The highest BCUT2D eigenvalue weighted by Gasteiger charge is 2.00. The highest BCUT2D eigenvalue weighted by molar-refractivity contribution is 5.43. The molecular formula is C42H64N3O+. The van der Waals surface area contributed by atoms with E-state index in [2.05, 4.69) is 76.6 Å². The van der Waals surface area contributed by atoms with Crippen LogP contribution in [-0.4, -0.2) is 6.61 Å². The summed E-state index contributed by atoms with van der Waals surface area (Å²) in [6.07, 6.45) is 33.9. The molecule has 0 atom stereocenters. The van der Waals surface area contributed by atoms with Gasteiger partial charge in [0.15, 0.2) is 12.4 Å². The van der Waals surface area contributed by atoms with E-state index < -0.39 is 0 Å². The van der Waals surface area contributed by atoms with Crippen LogP contribution in [0.3, 0.4) is 0 Å². The lowest BCUT2D eigenvalue weighted by Gasteiger charge is -2.06. The molecule has 0 radical (unpaired) electrons. The van der Waals surface area contributed by atoms with Crippen molar-refractivity contribution >= 4 is 11.4 Å². The maximum atomic E-state index is 5.96. The Bertz CT molecular complexity index is 1130. The van der Waals surface area contributed by atoms with E-state index in [-0.39, 0.29) is 0 Å². The van der Waals surface area contributed by atoms with Crippen LogP contribution in [0.1, 0.15) is 147 Å². The first-order valence-electron chi connectivity index (χ1n) is 19.0. The zero-order valence-corrected chi connectivity index (χ0v) is 29.2. The molecule has 3 aromatic rings. The standard InChI is InChI=1S/C42H64N3O/c1-2-3-4-5-6-7-8-11-14-17-21-26-39-27-29-40(30-28-39)43-44-41-31-33-42(34-32-41)46-38-25-19-16-13-10-9-12-15-18-22-35-45-36-23-20-24-37-45/h20,23-24,27-34,36-37H,2-19,21-22,25-26,35,38H2,1H3/q+1. The fourth-order valence-corrected chi connectivity index (χ4v) is 6.03. The van der Waals surface area contributed by atoms with Gasteiger partial charge < -0.3 is 4.74 Å². The quantitative estimate of drug-likeness (QED) is 0.0449. The van der Waals surface area contributed by atoms with E-state index in [1.165, 1.54) is 134 Å².